The van der Waals surface area contributed by atoms with Crippen molar-refractivity contribution < 1.29 is 4.43 Å². The molecule has 128 valence electrons. The zero-order valence-electron chi connectivity index (χ0n) is 16.5. The van der Waals surface area contributed by atoms with Crippen LogP contribution in [0.15, 0.2) is 23.0 Å². The third-order valence-electron chi connectivity index (χ3n) is 5.72. The summed E-state index contributed by atoms with van der Waals surface area (Å²) >= 11 is 0. The smallest absolute Gasteiger partial charge is 0.250 e. The lowest BCUT2D eigenvalue weighted by atomic mass is 9.85. The Labute approximate surface area is 140 Å². The Morgan fingerprint density at radius 1 is 1.32 bits per heavy atom. The first kappa shape index (κ1) is 19.5. The van der Waals surface area contributed by atoms with Crippen molar-refractivity contribution in [2.45, 2.75) is 92.3 Å². The van der Waals surface area contributed by atoms with Crippen molar-refractivity contribution in [3.63, 3.8) is 0 Å². The highest BCUT2D eigenvalue weighted by Crippen LogP contribution is 2.44. The molecule has 1 nitrogen and oxygen atoms in total. The van der Waals surface area contributed by atoms with Crippen LogP contribution in [0.25, 0.3) is 0 Å². The van der Waals surface area contributed by atoms with Gasteiger partial charge in [-0.2, -0.15) is 0 Å². The number of hydrogen-bond donors (Lipinski definition) is 0. The Balaban J connectivity index is 2.72. The third-order valence-corrected chi connectivity index (χ3v) is 10.1. The summed E-state index contributed by atoms with van der Waals surface area (Å²) in [5.41, 5.74) is 2.97. The molecule has 1 aliphatic carbocycles. The molecule has 0 radical (unpaired) electrons. The molecule has 0 aromatic carbocycles. The normalized spacial score (nSPS) is 21.0. The molecule has 1 rings (SSSR count). The van der Waals surface area contributed by atoms with Crippen LogP contribution in [-0.2, 0) is 4.43 Å². The van der Waals surface area contributed by atoms with Gasteiger partial charge in [-0.1, -0.05) is 39.3 Å². The van der Waals surface area contributed by atoms with Crippen LogP contribution in [-0.4, -0.2) is 8.32 Å². The zero-order valence-corrected chi connectivity index (χ0v) is 17.5. The Kier molecular flexibility index (Phi) is 6.55. The first-order valence-electron chi connectivity index (χ1n) is 8.97. The van der Waals surface area contributed by atoms with E-state index in [1.54, 1.807) is 0 Å². The molecule has 0 bridgehead atoms. The highest BCUT2D eigenvalue weighted by molar-refractivity contribution is 6.74. The Bertz CT molecular complexity index is 433. The SMILES string of the molecule is CC(C)=CCCC(C)C1CCC(O[Si](C)(C)C(C)(C)C)=C1C. The average Bonchev–Trinajstić information content (AvgIpc) is 2.68. The predicted molar refractivity (Wildman–Crippen MR) is 102 cm³/mol. The molecule has 1 aliphatic rings. The van der Waals surface area contributed by atoms with E-state index in [0.717, 1.165) is 18.3 Å². The molecule has 0 aromatic rings. The molecule has 2 heteroatoms. The lowest BCUT2D eigenvalue weighted by Crippen LogP contribution is -2.40. The highest BCUT2D eigenvalue weighted by atomic mass is 28.4. The molecule has 0 heterocycles. The first-order valence-corrected chi connectivity index (χ1v) is 11.9. The summed E-state index contributed by atoms with van der Waals surface area (Å²) in [4.78, 5) is 0. The number of rotatable bonds is 6. The third kappa shape index (κ3) is 5.01. The van der Waals surface area contributed by atoms with Crippen LogP contribution in [0.2, 0.25) is 18.1 Å². The monoisotopic (exact) mass is 322 g/mol. The first-order chi connectivity index (χ1) is 9.95. The van der Waals surface area contributed by atoms with E-state index in [1.807, 2.05) is 0 Å². The average molecular weight is 323 g/mol. The summed E-state index contributed by atoms with van der Waals surface area (Å²) in [6.07, 6.45) is 7.31. The Morgan fingerprint density at radius 2 is 1.91 bits per heavy atom. The second-order valence-electron chi connectivity index (χ2n) is 8.95. The number of hydrogen-bond acceptors (Lipinski definition) is 1. The van der Waals surface area contributed by atoms with Gasteiger partial charge >= 0.3 is 0 Å². The van der Waals surface area contributed by atoms with Gasteiger partial charge in [-0.05, 0) is 75.6 Å². The fourth-order valence-corrected chi connectivity index (χ4v) is 4.23. The summed E-state index contributed by atoms with van der Waals surface area (Å²) in [5.74, 6) is 2.81. The predicted octanol–water partition coefficient (Wildman–Crippen LogP) is 7.07. The van der Waals surface area contributed by atoms with Crippen LogP contribution in [0.3, 0.4) is 0 Å². The van der Waals surface area contributed by atoms with Crippen molar-refractivity contribution in [2.24, 2.45) is 11.8 Å². The van der Waals surface area contributed by atoms with Crippen molar-refractivity contribution in [3.05, 3.63) is 23.0 Å². The molecule has 0 spiro atoms. The molecule has 0 saturated carbocycles. The highest BCUT2D eigenvalue weighted by Gasteiger charge is 2.41. The topological polar surface area (TPSA) is 9.23 Å². The largest absolute Gasteiger partial charge is 0.547 e. The molecule has 2 atom stereocenters. The van der Waals surface area contributed by atoms with E-state index in [9.17, 15) is 0 Å². The number of allylic oxidation sites excluding steroid dienone is 4. The summed E-state index contributed by atoms with van der Waals surface area (Å²) in [5, 5.41) is 0.285. The van der Waals surface area contributed by atoms with Gasteiger partial charge in [0.25, 0.3) is 0 Å². The van der Waals surface area contributed by atoms with E-state index >= 15 is 0 Å². The van der Waals surface area contributed by atoms with E-state index < -0.39 is 8.32 Å². The second kappa shape index (κ2) is 7.38. The quantitative estimate of drug-likeness (QED) is 0.375. The van der Waals surface area contributed by atoms with Crippen LogP contribution in [0.5, 0.6) is 0 Å². The lowest BCUT2D eigenvalue weighted by molar-refractivity contribution is 0.370. The molecule has 22 heavy (non-hydrogen) atoms. The maximum atomic E-state index is 6.61. The summed E-state index contributed by atoms with van der Waals surface area (Å²) in [6, 6.07) is 0. The minimum Gasteiger partial charge on any atom is -0.547 e. The van der Waals surface area contributed by atoms with E-state index in [0.29, 0.717) is 0 Å². The van der Waals surface area contributed by atoms with Crippen LogP contribution in [0, 0.1) is 11.8 Å². The molecular formula is C20H38OSi. The molecule has 0 N–H and O–H groups in total. The van der Waals surface area contributed by atoms with Gasteiger partial charge < -0.3 is 4.43 Å². The zero-order chi connectivity index (χ0) is 17.1. The van der Waals surface area contributed by atoms with E-state index in [1.165, 1.54) is 36.2 Å². The van der Waals surface area contributed by atoms with Gasteiger partial charge in [-0.15, -0.1) is 0 Å². The van der Waals surface area contributed by atoms with Crippen LogP contribution < -0.4 is 0 Å². The molecule has 0 amide bonds. The maximum absolute atomic E-state index is 6.61. The van der Waals surface area contributed by atoms with Gasteiger partial charge in [0.15, 0.2) is 0 Å². The Hall–Kier alpha value is -0.503. The van der Waals surface area contributed by atoms with Crippen molar-refractivity contribution in [1.29, 1.82) is 0 Å². The van der Waals surface area contributed by atoms with Crippen molar-refractivity contribution >= 4 is 8.32 Å². The maximum Gasteiger partial charge on any atom is 0.250 e. The van der Waals surface area contributed by atoms with Gasteiger partial charge in [-0.25, -0.2) is 0 Å². The minimum atomic E-state index is -1.68. The fourth-order valence-electron chi connectivity index (χ4n) is 3.05. The van der Waals surface area contributed by atoms with Gasteiger partial charge in [-0.3, -0.25) is 0 Å². The lowest BCUT2D eigenvalue weighted by Gasteiger charge is -2.37. The fraction of sp³-hybridized carbons (Fsp3) is 0.800. The molecule has 2 unspecified atom stereocenters. The molecule has 0 aromatic heterocycles. The van der Waals surface area contributed by atoms with E-state index in [2.05, 4.69) is 67.6 Å². The van der Waals surface area contributed by atoms with Gasteiger partial charge in [0, 0.05) is 6.42 Å². The van der Waals surface area contributed by atoms with E-state index in [4.69, 9.17) is 4.43 Å². The van der Waals surface area contributed by atoms with Crippen LogP contribution >= 0.6 is 0 Å². The Morgan fingerprint density at radius 3 is 2.41 bits per heavy atom. The summed E-state index contributed by atoms with van der Waals surface area (Å²) in [6.45, 7) is 20.8. The van der Waals surface area contributed by atoms with Crippen LogP contribution in [0.1, 0.15) is 74.1 Å². The van der Waals surface area contributed by atoms with Gasteiger partial charge in [0.1, 0.15) is 0 Å². The summed E-state index contributed by atoms with van der Waals surface area (Å²) < 4.78 is 6.61. The van der Waals surface area contributed by atoms with Gasteiger partial charge in [0.05, 0.1) is 5.76 Å². The van der Waals surface area contributed by atoms with Gasteiger partial charge in [0.2, 0.25) is 8.32 Å². The summed E-state index contributed by atoms with van der Waals surface area (Å²) in [7, 11) is -1.68. The minimum absolute atomic E-state index is 0.285. The molecule has 0 fully saturated rings. The van der Waals surface area contributed by atoms with Crippen molar-refractivity contribution in [1.82, 2.24) is 0 Å². The van der Waals surface area contributed by atoms with Crippen LogP contribution in [0.4, 0.5) is 0 Å². The molecular weight excluding hydrogens is 284 g/mol. The standard InChI is InChI=1S/C20H38OSi/c1-15(2)11-10-12-16(3)18-13-14-19(17(18)4)21-22(8,9)20(5,6)7/h11,16,18H,10,12-14H2,1-9H3. The second-order valence-corrected chi connectivity index (χ2v) is 13.7. The molecule has 0 aliphatic heterocycles. The van der Waals surface area contributed by atoms with E-state index in [-0.39, 0.29) is 5.04 Å². The molecule has 0 saturated heterocycles. The van der Waals surface area contributed by atoms with Crippen molar-refractivity contribution in [2.75, 3.05) is 0 Å². The van der Waals surface area contributed by atoms with Crippen molar-refractivity contribution in [3.8, 4) is 0 Å².